The van der Waals surface area contributed by atoms with Crippen LogP contribution in [0.5, 0.6) is 0 Å². The van der Waals surface area contributed by atoms with Crippen LogP contribution in [0.2, 0.25) is 0 Å². The summed E-state index contributed by atoms with van der Waals surface area (Å²) in [6, 6.07) is 0. The fraction of sp³-hybridized carbons (Fsp3) is 0.893. The number of ketones is 2. The molecule has 246 valence electrons. The highest BCUT2D eigenvalue weighted by Crippen LogP contribution is 2.66. The molecule has 0 spiro atoms. The van der Waals surface area contributed by atoms with E-state index in [1.165, 1.54) is 0 Å². The van der Waals surface area contributed by atoms with Crippen LogP contribution in [0, 0.1) is 46.3 Å². The minimum absolute atomic E-state index is 0.0226. The van der Waals surface area contributed by atoms with E-state index in [9.17, 15) is 54.3 Å². The molecule has 0 radical (unpaired) electrons. The zero-order valence-electron chi connectivity index (χ0n) is 24.1. The molecule has 9 atom stereocenters. The van der Waals surface area contributed by atoms with E-state index in [4.69, 9.17) is 4.55 Å². The lowest BCUT2D eigenvalue weighted by Crippen LogP contribution is -2.63. The van der Waals surface area contributed by atoms with E-state index in [1.807, 2.05) is 0 Å². The van der Waals surface area contributed by atoms with E-state index in [0.29, 0.717) is 38.5 Å². The topological polar surface area (TPSA) is 135 Å². The molecule has 4 saturated carbocycles. The maximum absolute atomic E-state index is 13.9. The van der Waals surface area contributed by atoms with Gasteiger partial charge in [0.15, 0.2) is 0 Å². The second-order valence-corrected chi connectivity index (χ2v) is 15.1. The SMILES string of the molecule is CC(CCC(=O)OC(CS(=O)(=O)O)(C(F)(F)F)C(F)(F)F)C1CCC2C3C(=O)CC4CC(O)CCC4(C)C3CC(=O)C12C. The molecule has 43 heavy (non-hydrogen) atoms. The summed E-state index contributed by atoms with van der Waals surface area (Å²) in [7, 11) is -5.89. The van der Waals surface area contributed by atoms with Crippen LogP contribution in [0.1, 0.15) is 78.6 Å². The normalized spacial score (nSPS) is 37.7. The number of aliphatic hydroxyl groups is 1. The summed E-state index contributed by atoms with van der Waals surface area (Å²) in [5.74, 6) is -6.72. The van der Waals surface area contributed by atoms with Gasteiger partial charge in [-0.3, -0.25) is 18.9 Å². The number of aliphatic hydroxyl groups excluding tert-OH is 1. The molecule has 4 rings (SSSR count). The van der Waals surface area contributed by atoms with E-state index in [0.717, 1.165) is 0 Å². The van der Waals surface area contributed by atoms with Crippen molar-refractivity contribution in [2.24, 2.45) is 46.3 Å². The summed E-state index contributed by atoms with van der Waals surface area (Å²) in [4.78, 5) is 39.7. The van der Waals surface area contributed by atoms with Gasteiger partial charge in [0.25, 0.3) is 10.1 Å². The number of alkyl halides is 6. The molecular formula is C28H38F6O8S. The lowest BCUT2D eigenvalue weighted by Gasteiger charge is -2.59. The molecule has 0 aromatic carbocycles. The van der Waals surface area contributed by atoms with Crippen molar-refractivity contribution < 1.29 is 63.5 Å². The van der Waals surface area contributed by atoms with Gasteiger partial charge in [0, 0.05) is 30.6 Å². The number of hydrogen-bond donors (Lipinski definition) is 2. The Bertz CT molecular complexity index is 1230. The third-order valence-corrected chi connectivity index (χ3v) is 12.2. The van der Waals surface area contributed by atoms with Crippen LogP contribution in [0.3, 0.4) is 0 Å². The fourth-order valence-electron chi connectivity index (χ4n) is 9.09. The summed E-state index contributed by atoms with van der Waals surface area (Å²) < 4.78 is 116. The first kappa shape index (κ1) is 34.1. The predicted octanol–water partition coefficient (Wildman–Crippen LogP) is 5.07. The Morgan fingerprint density at radius 3 is 2.19 bits per heavy atom. The second-order valence-electron chi connectivity index (χ2n) is 13.7. The number of esters is 1. The summed E-state index contributed by atoms with van der Waals surface area (Å²) in [5.41, 5.74) is -6.73. The lowest BCUT2D eigenvalue weighted by atomic mass is 9.43. The Balaban J connectivity index is 1.51. The number of halogens is 6. The highest BCUT2D eigenvalue weighted by atomic mass is 32.2. The van der Waals surface area contributed by atoms with E-state index in [1.54, 1.807) is 13.8 Å². The number of rotatable bonds is 7. The van der Waals surface area contributed by atoms with Gasteiger partial charge < -0.3 is 9.84 Å². The van der Waals surface area contributed by atoms with E-state index >= 15 is 0 Å². The van der Waals surface area contributed by atoms with Crippen LogP contribution in [0.25, 0.3) is 0 Å². The van der Waals surface area contributed by atoms with Gasteiger partial charge in [0.05, 0.1) is 6.10 Å². The molecule has 0 saturated heterocycles. The van der Waals surface area contributed by atoms with Gasteiger partial charge in [-0.25, -0.2) is 0 Å². The summed E-state index contributed by atoms with van der Waals surface area (Å²) in [6.07, 6.45) is -11.2. The Morgan fingerprint density at radius 2 is 1.63 bits per heavy atom. The monoisotopic (exact) mass is 648 g/mol. The van der Waals surface area contributed by atoms with Crippen LogP contribution in [-0.2, 0) is 29.2 Å². The smallest absolute Gasteiger partial charge is 0.438 e. The molecule has 4 aliphatic carbocycles. The van der Waals surface area contributed by atoms with Gasteiger partial charge in [0.2, 0.25) is 0 Å². The average molecular weight is 649 g/mol. The van der Waals surface area contributed by atoms with Gasteiger partial charge in [-0.1, -0.05) is 20.8 Å². The molecule has 0 aromatic heterocycles. The van der Waals surface area contributed by atoms with Crippen LogP contribution in [0.4, 0.5) is 26.3 Å². The minimum atomic E-state index is -6.40. The number of hydrogen-bond acceptors (Lipinski definition) is 7. The van der Waals surface area contributed by atoms with Crippen molar-refractivity contribution in [3.8, 4) is 0 Å². The van der Waals surface area contributed by atoms with Crippen molar-refractivity contribution in [3.05, 3.63) is 0 Å². The molecule has 4 fully saturated rings. The molecule has 0 aromatic rings. The molecule has 4 aliphatic rings. The minimum Gasteiger partial charge on any atom is -0.438 e. The van der Waals surface area contributed by atoms with Crippen LogP contribution >= 0.6 is 0 Å². The molecule has 0 amide bonds. The van der Waals surface area contributed by atoms with E-state index in [-0.39, 0.29) is 53.5 Å². The van der Waals surface area contributed by atoms with Gasteiger partial charge in [-0.15, -0.1) is 0 Å². The standard InChI is InChI=1S/C28H38F6O8S/c1-14(4-7-22(38)42-26(27(29,30)31,28(32,33)34)13-43(39,40)41)17-5-6-18-23-19(12-21(37)25(17,18)3)24(2)9-8-16(35)10-15(24)11-20(23)36/h14-19,23,35H,4-13H2,1-3H3,(H,39,40,41). The maximum Gasteiger partial charge on any atom is 0.438 e. The second kappa shape index (κ2) is 11.0. The molecule has 0 heterocycles. The Morgan fingerprint density at radius 1 is 1.02 bits per heavy atom. The molecule has 2 N–H and O–H groups in total. The highest BCUT2D eigenvalue weighted by Gasteiger charge is 2.76. The number of fused-ring (bicyclic) bond motifs is 5. The van der Waals surface area contributed by atoms with Crippen molar-refractivity contribution >= 4 is 27.7 Å². The fourth-order valence-corrected chi connectivity index (χ4v) is 9.99. The van der Waals surface area contributed by atoms with Gasteiger partial charge in [-0.05, 0) is 73.5 Å². The molecule has 0 aliphatic heterocycles. The van der Waals surface area contributed by atoms with Crippen LogP contribution < -0.4 is 0 Å². The van der Waals surface area contributed by atoms with Crippen LogP contribution in [0.15, 0.2) is 0 Å². The first-order valence-electron chi connectivity index (χ1n) is 14.5. The average Bonchev–Trinajstić information content (AvgIpc) is 3.20. The van der Waals surface area contributed by atoms with Gasteiger partial charge in [0.1, 0.15) is 17.3 Å². The van der Waals surface area contributed by atoms with Crippen molar-refractivity contribution in [1.29, 1.82) is 0 Å². The zero-order chi connectivity index (χ0) is 32.6. The van der Waals surface area contributed by atoms with Crippen molar-refractivity contribution in [3.63, 3.8) is 0 Å². The molecular weight excluding hydrogens is 610 g/mol. The van der Waals surface area contributed by atoms with Gasteiger partial charge in [-0.2, -0.15) is 34.8 Å². The number of Topliss-reactive ketones (excluding diaryl/α,β-unsaturated/α-hetero) is 2. The third-order valence-electron chi connectivity index (χ3n) is 11.5. The number of ether oxygens (including phenoxy) is 1. The molecule has 0 bridgehead atoms. The van der Waals surface area contributed by atoms with Crippen LogP contribution in [-0.4, -0.2) is 65.4 Å². The largest absolute Gasteiger partial charge is 0.438 e. The van der Waals surface area contributed by atoms with E-state index < -0.39 is 69.6 Å². The quantitative estimate of drug-likeness (QED) is 0.222. The molecule has 15 heteroatoms. The maximum atomic E-state index is 13.9. The summed E-state index contributed by atoms with van der Waals surface area (Å²) in [6.45, 7) is 5.49. The van der Waals surface area contributed by atoms with Crippen molar-refractivity contribution in [2.75, 3.05) is 5.75 Å². The Hall–Kier alpha value is -1.74. The van der Waals surface area contributed by atoms with E-state index in [2.05, 4.69) is 11.7 Å². The summed E-state index contributed by atoms with van der Waals surface area (Å²) in [5, 5.41) is 10.2. The van der Waals surface area contributed by atoms with Crippen molar-refractivity contribution in [2.45, 2.75) is 103 Å². The Labute approximate surface area is 246 Å². The third kappa shape index (κ3) is 5.75. The predicted molar refractivity (Wildman–Crippen MR) is 138 cm³/mol. The van der Waals surface area contributed by atoms with Gasteiger partial charge >= 0.3 is 23.9 Å². The highest BCUT2D eigenvalue weighted by molar-refractivity contribution is 7.85. The first-order chi connectivity index (χ1) is 19.5. The molecule has 9 unspecified atom stereocenters. The number of carbonyl (C=O) groups excluding carboxylic acids is 3. The summed E-state index contributed by atoms with van der Waals surface area (Å²) >= 11 is 0. The molecule has 8 nitrogen and oxygen atoms in total. The number of carbonyl (C=O) groups is 3. The first-order valence-corrected chi connectivity index (χ1v) is 16.1. The zero-order valence-corrected chi connectivity index (χ0v) is 24.9. The lowest BCUT2D eigenvalue weighted by molar-refractivity contribution is -0.361. The Kier molecular flexibility index (Phi) is 8.70. The van der Waals surface area contributed by atoms with Crippen molar-refractivity contribution in [1.82, 2.24) is 0 Å².